The average Bonchev–Trinajstić information content (AvgIpc) is 2.74. The molecule has 96 valence electrons. The van der Waals surface area contributed by atoms with Crippen molar-refractivity contribution in [1.82, 2.24) is 10.3 Å². The Kier molecular flexibility index (Phi) is 4.09. The van der Waals surface area contributed by atoms with Crippen LogP contribution in [0, 0.1) is 12.7 Å². The molecular weight excluding hydrogens is 247 g/mol. The molecule has 0 saturated heterocycles. The van der Waals surface area contributed by atoms with Gasteiger partial charge >= 0.3 is 0 Å². The minimum absolute atomic E-state index is 0.171. The topological polar surface area (TPSA) is 24.9 Å². The number of benzene rings is 1. The molecule has 0 fully saturated rings. The number of halogens is 1. The Hall–Kier alpha value is -1.26. The SMILES string of the molecule is CCc1nc(C(NC)c2ccccc2F)sc1C. The van der Waals surface area contributed by atoms with Crippen molar-refractivity contribution < 1.29 is 4.39 Å². The van der Waals surface area contributed by atoms with E-state index in [-0.39, 0.29) is 11.9 Å². The molecule has 1 heterocycles. The fourth-order valence-electron chi connectivity index (χ4n) is 2.02. The highest BCUT2D eigenvalue weighted by atomic mass is 32.1. The van der Waals surface area contributed by atoms with Crippen molar-refractivity contribution in [3.8, 4) is 0 Å². The Labute approximate surface area is 111 Å². The van der Waals surface area contributed by atoms with E-state index in [2.05, 4.69) is 24.1 Å². The average molecular weight is 264 g/mol. The van der Waals surface area contributed by atoms with E-state index in [0.29, 0.717) is 5.56 Å². The van der Waals surface area contributed by atoms with Gasteiger partial charge in [0, 0.05) is 10.4 Å². The molecule has 1 unspecified atom stereocenters. The smallest absolute Gasteiger partial charge is 0.128 e. The summed E-state index contributed by atoms with van der Waals surface area (Å²) in [6.45, 7) is 4.15. The lowest BCUT2D eigenvalue weighted by Crippen LogP contribution is -2.18. The fraction of sp³-hybridized carbons (Fsp3) is 0.357. The van der Waals surface area contributed by atoms with Crippen LogP contribution in [-0.4, -0.2) is 12.0 Å². The first-order valence-electron chi connectivity index (χ1n) is 6.05. The third-order valence-corrected chi connectivity index (χ3v) is 4.07. The van der Waals surface area contributed by atoms with Gasteiger partial charge in [0.25, 0.3) is 0 Å². The van der Waals surface area contributed by atoms with Gasteiger partial charge in [-0.15, -0.1) is 11.3 Å². The molecule has 2 rings (SSSR count). The molecule has 1 aromatic heterocycles. The van der Waals surface area contributed by atoms with E-state index in [1.807, 2.05) is 13.1 Å². The van der Waals surface area contributed by atoms with Gasteiger partial charge in [-0.1, -0.05) is 25.1 Å². The number of thiazole rings is 1. The number of hydrogen-bond donors (Lipinski definition) is 1. The van der Waals surface area contributed by atoms with Crippen LogP contribution >= 0.6 is 11.3 Å². The zero-order chi connectivity index (χ0) is 13.1. The third-order valence-electron chi connectivity index (χ3n) is 3.00. The monoisotopic (exact) mass is 264 g/mol. The second-order valence-electron chi connectivity index (χ2n) is 4.15. The van der Waals surface area contributed by atoms with Crippen LogP contribution in [0.15, 0.2) is 24.3 Å². The van der Waals surface area contributed by atoms with E-state index in [4.69, 9.17) is 0 Å². The predicted molar refractivity (Wildman–Crippen MR) is 73.5 cm³/mol. The summed E-state index contributed by atoms with van der Waals surface area (Å²) in [7, 11) is 1.83. The zero-order valence-corrected chi connectivity index (χ0v) is 11.6. The Morgan fingerprint density at radius 2 is 2.11 bits per heavy atom. The van der Waals surface area contributed by atoms with Crippen LogP contribution in [0.5, 0.6) is 0 Å². The minimum atomic E-state index is -0.192. The van der Waals surface area contributed by atoms with Crippen molar-refractivity contribution in [2.75, 3.05) is 7.05 Å². The molecule has 0 aliphatic rings. The Morgan fingerprint density at radius 1 is 1.39 bits per heavy atom. The quantitative estimate of drug-likeness (QED) is 0.914. The van der Waals surface area contributed by atoms with Crippen molar-refractivity contribution in [1.29, 1.82) is 0 Å². The van der Waals surface area contributed by atoms with Crippen LogP contribution in [0.25, 0.3) is 0 Å². The highest BCUT2D eigenvalue weighted by molar-refractivity contribution is 7.11. The van der Waals surface area contributed by atoms with Crippen molar-refractivity contribution in [2.45, 2.75) is 26.3 Å². The normalized spacial score (nSPS) is 12.7. The number of rotatable bonds is 4. The first-order chi connectivity index (χ1) is 8.67. The van der Waals surface area contributed by atoms with Crippen molar-refractivity contribution in [3.05, 3.63) is 51.2 Å². The second-order valence-corrected chi connectivity index (χ2v) is 5.39. The fourth-order valence-corrected chi connectivity index (χ4v) is 3.16. The van der Waals surface area contributed by atoms with E-state index in [1.165, 1.54) is 10.9 Å². The zero-order valence-electron chi connectivity index (χ0n) is 10.8. The summed E-state index contributed by atoms with van der Waals surface area (Å²) in [5.41, 5.74) is 1.75. The molecule has 0 spiro atoms. The third kappa shape index (κ3) is 2.44. The molecule has 0 radical (unpaired) electrons. The van der Waals surface area contributed by atoms with Crippen LogP contribution in [-0.2, 0) is 6.42 Å². The molecule has 1 N–H and O–H groups in total. The van der Waals surface area contributed by atoms with E-state index < -0.39 is 0 Å². The lowest BCUT2D eigenvalue weighted by molar-refractivity contribution is 0.574. The molecular formula is C14H17FN2S. The summed E-state index contributed by atoms with van der Waals surface area (Å²) in [5, 5.41) is 4.08. The molecule has 1 atom stereocenters. The summed E-state index contributed by atoms with van der Waals surface area (Å²) in [4.78, 5) is 5.82. The van der Waals surface area contributed by atoms with Crippen LogP contribution in [0.4, 0.5) is 4.39 Å². The maximum atomic E-state index is 13.8. The second kappa shape index (κ2) is 5.59. The minimum Gasteiger partial charge on any atom is -0.307 e. The first-order valence-corrected chi connectivity index (χ1v) is 6.86. The van der Waals surface area contributed by atoms with E-state index in [1.54, 1.807) is 23.5 Å². The van der Waals surface area contributed by atoms with E-state index in [0.717, 1.165) is 17.1 Å². The van der Waals surface area contributed by atoms with Crippen LogP contribution < -0.4 is 5.32 Å². The molecule has 1 aromatic carbocycles. The summed E-state index contributed by atoms with van der Waals surface area (Å²) in [6, 6.07) is 6.68. The van der Waals surface area contributed by atoms with E-state index >= 15 is 0 Å². The summed E-state index contributed by atoms with van der Waals surface area (Å²) >= 11 is 1.63. The molecule has 4 heteroatoms. The van der Waals surface area contributed by atoms with Gasteiger partial charge < -0.3 is 5.32 Å². The molecule has 0 bridgehead atoms. The van der Waals surface area contributed by atoms with Crippen LogP contribution in [0.2, 0.25) is 0 Å². The highest BCUT2D eigenvalue weighted by Crippen LogP contribution is 2.29. The van der Waals surface area contributed by atoms with Gasteiger partial charge in [-0.05, 0) is 26.5 Å². The highest BCUT2D eigenvalue weighted by Gasteiger charge is 2.20. The standard InChI is InChI=1S/C14H17FN2S/c1-4-12-9(2)18-14(17-12)13(16-3)10-7-5-6-8-11(10)15/h5-8,13,16H,4H2,1-3H3. The number of nitrogens with one attached hydrogen (secondary N) is 1. The Morgan fingerprint density at radius 3 is 2.67 bits per heavy atom. The van der Waals surface area contributed by atoms with Gasteiger partial charge in [0.15, 0.2) is 0 Å². The lowest BCUT2D eigenvalue weighted by Gasteiger charge is -2.14. The maximum absolute atomic E-state index is 13.8. The number of hydrogen-bond acceptors (Lipinski definition) is 3. The Balaban J connectivity index is 2.42. The first kappa shape index (κ1) is 13.2. The van der Waals surface area contributed by atoms with Gasteiger partial charge in [-0.2, -0.15) is 0 Å². The van der Waals surface area contributed by atoms with Gasteiger partial charge in [0.1, 0.15) is 10.8 Å². The van der Waals surface area contributed by atoms with Gasteiger partial charge in [0.2, 0.25) is 0 Å². The Bertz CT molecular complexity index is 536. The summed E-state index contributed by atoms with van der Waals surface area (Å²) < 4.78 is 13.8. The molecule has 0 aliphatic carbocycles. The predicted octanol–water partition coefficient (Wildman–Crippen LogP) is 3.46. The van der Waals surface area contributed by atoms with Crippen molar-refractivity contribution in [2.24, 2.45) is 0 Å². The lowest BCUT2D eigenvalue weighted by atomic mass is 10.1. The molecule has 0 amide bonds. The van der Waals surface area contributed by atoms with Gasteiger partial charge in [-0.3, -0.25) is 0 Å². The molecule has 2 nitrogen and oxygen atoms in total. The largest absolute Gasteiger partial charge is 0.307 e. The summed E-state index contributed by atoms with van der Waals surface area (Å²) in [6.07, 6.45) is 0.913. The van der Waals surface area contributed by atoms with Crippen LogP contribution in [0.3, 0.4) is 0 Å². The molecule has 18 heavy (non-hydrogen) atoms. The van der Waals surface area contributed by atoms with Crippen molar-refractivity contribution >= 4 is 11.3 Å². The molecule has 2 aromatic rings. The number of nitrogens with zero attached hydrogens (tertiary/aromatic N) is 1. The van der Waals surface area contributed by atoms with Gasteiger partial charge in [-0.25, -0.2) is 9.37 Å². The number of aryl methyl sites for hydroxylation is 2. The van der Waals surface area contributed by atoms with Crippen molar-refractivity contribution in [3.63, 3.8) is 0 Å². The van der Waals surface area contributed by atoms with Gasteiger partial charge in [0.05, 0.1) is 11.7 Å². The van der Waals surface area contributed by atoms with E-state index in [9.17, 15) is 4.39 Å². The summed E-state index contributed by atoms with van der Waals surface area (Å²) in [5.74, 6) is -0.192. The van der Waals surface area contributed by atoms with Crippen LogP contribution in [0.1, 0.15) is 34.1 Å². The molecule has 0 aliphatic heterocycles. The molecule has 0 saturated carbocycles. The maximum Gasteiger partial charge on any atom is 0.128 e. The number of aromatic nitrogens is 1.